The number of aryl methyl sites for hydroxylation is 1. The van der Waals surface area contributed by atoms with Crippen LogP contribution in [-0.2, 0) is 16.1 Å². The molecule has 0 spiro atoms. The molecular weight excluding hydrogens is 275 g/mol. The van der Waals surface area contributed by atoms with E-state index in [-0.39, 0.29) is 24.8 Å². The zero-order chi connectivity index (χ0) is 15.1. The maximum atomic E-state index is 13.5. The number of nitrogens with one attached hydrogen (secondary N) is 1. The summed E-state index contributed by atoms with van der Waals surface area (Å²) >= 11 is 0. The first-order chi connectivity index (χ1) is 9.97. The number of carbonyl (C=O) groups is 3. The van der Waals surface area contributed by atoms with Crippen molar-refractivity contribution in [3.05, 3.63) is 34.6 Å². The van der Waals surface area contributed by atoms with Crippen molar-refractivity contribution in [2.75, 3.05) is 0 Å². The summed E-state index contributed by atoms with van der Waals surface area (Å²) in [6.45, 7) is 2.03. The van der Waals surface area contributed by atoms with Gasteiger partial charge in [-0.25, -0.2) is 4.39 Å². The minimum Gasteiger partial charge on any atom is -0.322 e. The molecule has 1 saturated heterocycles. The number of fused-ring (bicyclic) bond motifs is 1. The lowest BCUT2D eigenvalue weighted by molar-refractivity contribution is -0.132. The van der Waals surface area contributed by atoms with Crippen LogP contribution in [0, 0.1) is 12.7 Å². The third kappa shape index (κ3) is 2.30. The molecule has 2 heterocycles. The van der Waals surface area contributed by atoms with Crippen LogP contribution in [0.2, 0.25) is 0 Å². The molecule has 5 nitrogen and oxygen atoms in total. The second-order valence-electron chi connectivity index (χ2n) is 5.50. The van der Waals surface area contributed by atoms with Gasteiger partial charge in [0.25, 0.3) is 5.91 Å². The molecule has 0 bridgehead atoms. The number of carbonyl (C=O) groups excluding carboxylic acids is 3. The number of halogens is 1. The van der Waals surface area contributed by atoms with Gasteiger partial charge >= 0.3 is 0 Å². The Bertz CT molecular complexity index is 657. The lowest BCUT2D eigenvalue weighted by Crippen LogP contribution is -2.46. The van der Waals surface area contributed by atoms with E-state index in [0.717, 1.165) is 5.56 Å². The Labute approximate surface area is 121 Å². The predicted molar refractivity (Wildman–Crippen MR) is 71.8 cm³/mol. The van der Waals surface area contributed by atoms with Gasteiger partial charge in [0.05, 0.1) is 0 Å². The molecule has 1 atom stereocenters. The van der Waals surface area contributed by atoms with Crippen LogP contribution in [0.1, 0.15) is 40.7 Å². The highest BCUT2D eigenvalue weighted by Crippen LogP contribution is 2.30. The van der Waals surface area contributed by atoms with E-state index in [1.807, 2.05) is 0 Å². The first-order valence-electron chi connectivity index (χ1n) is 6.91. The molecule has 2 aliphatic heterocycles. The molecule has 0 aromatic heterocycles. The minimum atomic E-state index is -0.668. The Balaban J connectivity index is 1.92. The maximum Gasteiger partial charge on any atom is 0.255 e. The van der Waals surface area contributed by atoms with Crippen molar-refractivity contribution in [3.8, 4) is 0 Å². The molecular formula is C15H15FN2O3. The second-order valence-corrected chi connectivity index (χ2v) is 5.50. The molecule has 1 N–H and O–H groups in total. The van der Waals surface area contributed by atoms with E-state index in [2.05, 4.69) is 5.32 Å². The van der Waals surface area contributed by atoms with Crippen molar-refractivity contribution in [3.63, 3.8) is 0 Å². The van der Waals surface area contributed by atoms with E-state index in [1.165, 1.54) is 17.0 Å². The SMILES string of the molecule is Cc1cc(F)cc2c1CN([C@H]1CCCC(=O)NC1=O)C2=O. The van der Waals surface area contributed by atoms with E-state index >= 15 is 0 Å². The fraction of sp³-hybridized carbons (Fsp3) is 0.400. The van der Waals surface area contributed by atoms with Crippen molar-refractivity contribution in [2.45, 2.75) is 38.8 Å². The van der Waals surface area contributed by atoms with Gasteiger partial charge in [-0.05, 0) is 43.0 Å². The molecule has 3 rings (SSSR count). The Morgan fingerprint density at radius 1 is 1.29 bits per heavy atom. The highest BCUT2D eigenvalue weighted by molar-refractivity contribution is 6.04. The zero-order valence-electron chi connectivity index (χ0n) is 11.6. The van der Waals surface area contributed by atoms with Gasteiger partial charge in [0.2, 0.25) is 11.8 Å². The molecule has 1 aromatic carbocycles. The maximum absolute atomic E-state index is 13.5. The molecule has 2 aliphatic rings. The van der Waals surface area contributed by atoms with E-state index in [1.54, 1.807) is 6.92 Å². The molecule has 0 saturated carbocycles. The van der Waals surface area contributed by atoms with E-state index in [0.29, 0.717) is 24.0 Å². The summed E-state index contributed by atoms with van der Waals surface area (Å²) in [6, 6.07) is 1.93. The largest absolute Gasteiger partial charge is 0.322 e. The van der Waals surface area contributed by atoms with Crippen molar-refractivity contribution >= 4 is 17.7 Å². The highest BCUT2D eigenvalue weighted by Gasteiger charge is 2.38. The van der Waals surface area contributed by atoms with Crippen LogP contribution in [0.3, 0.4) is 0 Å². The van der Waals surface area contributed by atoms with Crippen molar-refractivity contribution < 1.29 is 18.8 Å². The van der Waals surface area contributed by atoms with Gasteiger partial charge < -0.3 is 4.90 Å². The van der Waals surface area contributed by atoms with Gasteiger partial charge in [-0.1, -0.05) is 0 Å². The summed E-state index contributed by atoms with van der Waals surface area (Å²) in [5, 5.41) is 2.30. The second kappa shape index (κ2) is 4.95. The third-order valence-corrected chi connectivity index (χ3v) is 4.08. The quantitative estimate of drug-likeness (QED) is 0.792. The molecule has 0 aliphatic carbocycles. The number of hydrogen-bond acceptors (Lipinski definition) is 3. The molecule has 1 aromatic rings. The van der Waals surface area contributed by atoms with Crippen molar-refractivity contribution in [1.29, 1.82) is 0 Å². The van der Waals surface area contributed by atoms with Gasteiger partial charge in [0.15, 0.2) is 0 Å². The molecule has 0 radical (unpaired) electrons. The molecule has 6 heteroatoms. The van der Waals surface area contributed by atoms with Crippen LogP contribution in [0.15, 0.2) is 12.1 Å². The smallest absolute Gasteiger partial charge is 0.255 e. The average molecular weight is 290 g/mol. The number of nitrogens with zero attached hydrogens (tertiary/aromatic N) is 1. The third-order valence-electron chi connectivity index (χ3n) is 4.08. The van der Waals surface area contributed by atoms with Gasteiger partial charge in [0.1, 0.15) is 11.9 Å². The Morgan fingerprint density at radius 3 is 2.81 bits per heavy atom. The molecule has 0 unspecified atom stereocenters. The van der Waals surface area contributed by atoms with Crippen LogP contribution in [-0.4, -0.2) is 28.7 Å². The lowest BCUT2D eigenvalue weighted by Gasteiger charge is -2.24. The summed E-state index contributed by atoms with van der Waals surface area (Å²) in [7, 11) is 0. The van der Waals surface area contributed by atoms with Gasteiger partial charge in [-0.15, -0.1) is 0 Å². The predicted octanol–water partition coefficient (Wildman–Crippen LogP) is 1.29. The van der Waals surface area contributed by atoms with Crippen LogP contribution < -0.4 is 5.32 Å². The topological polar surface area (TPSA) is 66.5 Å². The number of rotatable bonds is 1. The van der Waals surface area contributed by atoms with Crippen LogP contribution in [0.25, 0.3) is 0 Å². The van der Waals surface area contributed by atoms with Gasteiger partial charge in [-0.2, -0.15) is 0 Å². The fourth-order valence-corrected chi connectivity index (χ4v) is 2.99. The van der Waals surface area contributed by atoms with Crippen molar-refractivity contribution in [1.82, 2.24) is 10.2 Å². The summed E-state index contributed by atoms with van der Waals surface area (Å²) in [6.07, 6.45) is 1.28. The highest BCUT2D eigenvalue weighted by atomic mass is 19.1. The van der Waals surface area contributed by atoms with E-state index in [9.17, 15) is 18.8 Å². The lowest BCUT2D eigenvalue weighted by atomic mass is 10.0. The summed E-state index contributed by atoms with van der Waals surface area (Å²) < 4.78 is 13.5. The molecule has 1 fully saturated rings. The first-order valence-corrected chi connectivity index (χ1v) is 6.91. The fourth-order valence-electron chi connectivity index (χ4n) is 2.99. The number of hydrogen-bond donors (Lipinski definition) is 1. The Hall–Kier alpha value is -2.24. The Morgan fingerprint density at radius 2 is 2.05 bits per heavy atom. The zero-order valence-corrected chi connectivity index (χ0v) is 11.6. The number of imide groups is 1. The van der Waals surface area contributed by atoms with Gasteiger partial charge in [-0.3, -0.25) is 19.7 Å². The van der Waals surface area contributed by atoms with Crippen LogP contribution in [0.5, 0.6) is 0 Å². The minimum absolute atomic E-state index is 0.283. The number of amides is 3. The molecule has 110 valence electrons. The normalized spacial score (nSPS) is 22.1. The Kier molecular flexibility index (Phi) is 3.23. The molecule has 3 amide bonds. The summed E-state index contributed by atoms with van der Waals surface area (Å²) in [5.74, 6) is -1.56. The van der Waals surface area contributed by atoms with E-state index in [4.69, 9.17) is 0 Å². The van der Waals surface area contributed by atoms with Crippen LogP contribution >= 0.6 is 0 Å². The monoisotopic (exact) mass is 290 g/mol. The first kappa shape index (κ1) is 13.7. The van der Waals surface area contributed by atoms with Crippen molar-refractivity contribution in [2.24, 2.45) is 0 Å². The molecule has 21 heavy (non-hydrogen) atoms. The number of benzene rings is 1. The summed E-state index contributed by atoms with van der Waals surface area (Å²) in [5.41, 5.74) is 1.77. The van der Waals surface area contributed by atoms with E-state index < -0.39 is 17.8 Å². The standard InChI is InChI=1S/C15H15FN2O3/c1-8-5-9(16)6-10-11(8)7-18(15(10)21)12-3-2-4-13(19)17-14(12)20/h5-6,12H,2-4,7H2,1H3,(H,17,19,20)/t12-/m0/s1. The van der Waals surface area contributed by atoms with Crippen LogP contribution in [0.4, 0.5) is 4.39 Å². The average Bonchev–Trinajstić information content (AvgIpc) is 2.62. The van der Waals surface area contributed by atoms with Gasteiger partial charge in [0, 0.05) is 18.5 Å². The summed E-state index contributed by atoms with van der Waals surface area (Å²) in [4.78, 5) is 37.3.